The lowest BCUT2D eigenvalue weighted by Gasteiger charge is -2.27. The van der Waals surface area contributed by atoms with E-state index < -0.39 is 22.5 Å². The molecule has 192 valence electrons. The Labute approximate surface area is 223 Å². The highest BCUT2D eigenvalue weighted by molar-refractivity contribution is 7.92. The number of carbonyl (C=O) groups is 1. The first-order chi connectivity index (χ1) is 17.0. The topological polar surface area (TPSA) is 75.7 Å². The quantitative estimate of drug-likeness (QED) is 0.317. The molecule has 0 spiro atoms. The Morgan fingerprint density at radius 3 is 2.08 bits per heavy atom. The number of halogens is 2. The molecule has 0 heterocycles. The van der Waals surface area contributed by atoms with Crippen molar-refractivity contribution < 1.29 is 17.9 Å². The molecule has 1 N–H and O–H groups in total. The van der Waals surface area contributed by atoms with E-state index in [0.29, 0.717) is 12.2 Å². The number of hydrogen-bond acceptors (Lipinski definition) is 4. The number of hydrogen-bond donors (Lipinski definition) is 1. The third-order valence-corrected chi connectivity index (χ3v) is 7.82. The average Bonchev–Trinajstić information content (AvgIpc) is 2.81. The van der Waals surface area contributed by atoms with Gasteiger partial charge in [0.15, 0.2) is 0 Å². The number of nitrogens with zero attached hydrogens (tertiary/aromatic N) is 1. The van der Waals surface area contributed by atoms with Crippen molar-refractivity contribution >= 4 is 44.8 Å². The van der Waals surface area contributed by atoms with E-state index in [1.54, 1.807) is 19.2 Å². The molecule has 36 heavy (non-hydrogen) atoms. The molecule has 3 aromatic rings. The molecule has 0 unspecified atom stereocenters. The first-order valence-corrected chi connectivity index (χ1v) is 13.7. The third kappa shape index (κ3) is 7.15. The fourth-order valence-electron chi connectivity index (χ4n) is 3.79. The lowest BCUT2D eigenvalue weighted by atomic mass is 9.97. The van der Waals surface area contributed by atoms with Gasteiger partial charge >= 0.3 is 0 Å². The normalized spacial score (nSPS) is 12.3. The highest BCUT2D eigenvalue weighted by Crippen LogP contribution is 2.30. The molecule has 0 fully saturated rings. The predicted molar refractivity (Wildman–Crippen MR) is 146 cm³/mol. The Morgan fingerprint density at radius 2 is 1.56 bits per heavy atom. The van der Waals surface area contributed by atoms with Crippen LogP contribution < -0.4 is 14.4 Å². The van der Waals surface area contributed by atoms with Gasteiger partial charge in [0.25, 0.3) is 10.0 Å². The number of rotatable bonds is 10. The molecule has 3 aromatic carbocycles. The van der Waals surface area contributed by atoms with E-state index in [-0.39, 0.29) is 32.6 Å². The average molecular weight is 550 g/mol. The molecule has 0 saturated heterocycles. The van der Waals surface area contributed by atoms with E-state index in [4.69, 9.17) is 27.9 Å². The lowest BCUT2D eigenvalue weighted by molar-refractivity contribution is -0.120. The van der Waals surface area contributed by atoms with Crippen LogP contribution in [0.5, 0.6) is 5.75 Å². The monoisotopic (exact) mass is 548 g/mol. The maximum atomic E-state index is 13.7. The SMILES string of the molecule is COc1ccc([C@@H](CC(C)C)NC(=O)CN(c2cc(Cl)cc(Cl)c2)S(=O)(=O)c2ccc(C)cc2)cc1. The van der Waals surface area contributed by atoms with Crippen molar-refractivity contribution in [2.75, 3.05) is 18.0 Å². The van der Waals surface area contributed by atoms with Gasteiger partial charge in [-0.25, -0.2) is 8.42 Å². The number of aryl methyl sites for hydroxylation is 1. The Hall–Kier alpha value is -2.74. The molecule has 1 amide bonds. The molecular formula is C27H30Cl2N2O4S. The zero-order valence-electron chi connectivity index (χ0n) is 20.7. The fourth-order valence-corrected chi connectivity index (χ4v) is 5.71. The third-order valence-electron chi connectivity index (χ3n) is 5.59. The molecule has 0 radical (unpaired) electrons. The van der Waals surface area contributed by atoms with Gasteiger partial charge < -0.3 is 10.1 Å². The van der Waals surface area contributed by atoms with E-state index in [0.717, 1.165) is 15.4 Å². The summed E-state index contributed by atoms with van der Waals surface area (Å²) in [5, 5.41) is 3.54. The highest BCUT2D eigenvalue weighted by atomic mass is 35.5. The van der Waals surface area contributed by atoms with Crippen LogP contribution in [-0.4, -0.2) is 28.0 Å². The molecule has 0 bridgehead atoms. The first-order valence-electron chi connectivity index (χ1n) is 11.5. The molecule has 0 aliphatic carbocycles. The second-order valence-electron chi connectivity index (χ2n) is 8.98. The Kier molecular flexibility index (Phi) is 9.28. The predicted octanol–water partition coefficient (Wildman–Crippen LogP) is 6.41. The number of ether oxygens (including phenoxy) is 1. The summed E-state index contributed by atoms with van der Waals surface area (Å²) in [6, 6.07) is 18.0. The molecular weight excluding hydrogens is 519 g/mol. The summed E-state index contributed by atoms with van der Waals surface area (Å²) in [7, 11) is -2.50. The summed E-state index contributed by atoms with van der Waals surface area (Å²) < 4.78 is 33.6. The van der Waals surface area contributed by atoms with Crippen molar-refractivity contribution in [2.24, 2.45) is 5.92 Å². The Morgan fingerprint density at radius 1 is 0.972 bits per heavy atom. The highest BCUT2D eigenvalue weighted by Gasteiger charge is 2.29. The van der Waals surface area contributed by atoms with E-state index >= 15 is 0 Å². The molecule has 3 rings (SSSR count). The van der Waals surface area contributed by atoms with E-state index in [1.807, 2.05) is 31.2 Å². The smallest absolute Gasteiger partial charge is 0.264 e. The minimum absolute atomic E-state index is 0.0610. The largest absolute Gasteiger partial charge is 0.497 e. The van der Waals surface area contributed by atoms with Crippen molar-refractivity contribution in [1.29, 1.82) is 0 Å². The first kappa shape index (κ1) is 27.8. The van der Waals surface area contributed by atoms with Crippen LogP contribution in [0.25, 0.3) is 0 Å². The maximum absolute atomic E-state index is 13.7. The second-order valence-corrected chi connectivity index (χ2v) is 11.7. The van der Waals surface area contributed by atoms with Crippen LogP contribution in [0.15, 0.2) is 71.6 Å². The summed E-state index contributed by atoms with van der Waals surface area (Å²) in [5.41, 5.74) is 2.02. The van der Waals surface area contributed by atoms with Gasteiger partial charge in [-0.1, -0.05) is 66.9 Å². The maximum Gasteiger partial charge on any atom is 0.264 e. The van der Waals surface area contributed by atoms with Crippen LogP contribution >= 0.6 is 23.2 Å². The minimum Gasteiger partial charge on any atom is -0.497 e. The number of sulfonamides is 1. The van der Waals surface area contributed by atoms with Gasteiger partial charge in [0, 0.05) is 10.0 Å². The van der Waals surface area contributed by atoms with Crippen LogP contribution in [0.1, 0.15) is 37.4 Å². The van der Waals surface area contributed by atoms with Gasteiger partial charge in [-0.2, -0.15) is 0 Å². The molecule has 1 atom stereocenters. The molecule has 9 heteroatoms. The number of nitrogens with one attached hydrogen (secondary N) is 1. The van der Waals surface area contributed by atoms with Gasteiger partial charge in [-0.05, 0) is 67.3 Å². The molecule has 6 nitrogen and oxygen atoms in total. The zero-order chi connectivity index (χ0) is 26.5. The van der Waals surface area contributed by atoms with E-state index in [2.05, 4.69) is 19.2 Å². The summed E-state index contributed by atoms with van der Waals surface area (Å²) in [6.07, 6.45) is 0.672. The standard InChI is InChI=1S/C27H30Cl2N2O4S/c1-18(2)13-26(20-7-9-24(35-4)10-8-20)30-27(32)17-31(23-15-21(28)14-22(29)16-23)36(33,34)25-11-5-19(3)6-12-25/h5-12,14-16,18,26H,13,17H2,1-4H3,(H,30,32)/t26-/m1/s1. The minimum atomic E-state index is -4.09. The Balaban J connectivity index is 1.95. The van der Waals surface area contributed by atoms with Crippen LogP contribution in [-0.2, 0) is 14.8 Å². The van der Waals surface area contributed by atoms with E-state index in [9.17, 15) is 13.2 Å². The molecule has 0 saturated carbocycles. The molecule has 0 aromatic heterocycles. The van der Waals surface area contributed by atoms with E-state index in [1.165, 1.54) is 30.3 Å². The molecule has 0 aliphatic heterocycles. The van der Waals surface area contributed by atoms with Gasteiger partial charge in [0.05, 0.1) is 23.7 Å². The number of methoxy groups -OCH3 is 1. The van der Waals surface area contributed by atoms with Crippen LogP contribution in [0.4, 0.5) is 5.69 Å². The number of anilines is 1. The van der Waals surface area contributed by atoms with Gasteiger partial charge in [0.2, 0.25) is 5.91 Å². The van der Waals surface area contributed by atoms with Crippen molar-refractivity contribution in [3.8, 4) is 5.75 Å². The summed E-state index contributed by atoms with van der Waals surface area (Å²) >= 11 is 12.4. The van der Waals surface area contributed by atoms with Crippen molar-refractivity contribution in [3.05, 3.63) is 87.9 Å². The number of carbonyl (C=O) groups excluding carboxylic acids is 1. The van der Waals surface area contributed by atoms with Crippen LogP contribution in [0.2, 0.25) is 10.0 Å². The summed E-state index contributed by atoms with van der Waals surface area (Å²) in [5.74, 6) is 0.543. The summed E-state index contributed by atoms with van der Waals surface area (Å²) in [4.78, 5) is 13.4. The fraction of sp³-hybridized carbons (Fsp3) is 0.296. The number of benzene rings is 3. The van der Waals surface area contributed by atoms with Crippen LogP contribution in [0, 0.1) is 12.8 Å². The second kappa shape index (κ2) is 12.0. The van der Waals surface area contributed by atoms with Crippen molar-refractivity contribution in [1.82, 2.24) is 5.32 Å². The Bertz CT molecular complexity index is 1270. The van der Waals surface area contributed by atoms with Gasteiger partial charge in [0.1, 0.15) is 12.3 Å². The van der Waals surface area contributed by atoms with Crippen molar-refractivity contribution in [2.45, 2.75) is 38.1 Å². The van der Waals surface area contributed by atoms with Crippen LogP contribution in [0.3, 0.4) is 0 Å². The molecule has 0 aliphatic rings. The lowest BCUT2D eigenvalue weighted by Crippen LogP contribution is -2.42. The van der Waals surface area contributed by atoms with Gasteiger partial charge in [-0.15, -0.1) is 0 Å². The summed E-state index contributed by atoms with van der Waals surface area (Å²) in [6.45, 7) is 5.54. The number of amides is 1. The zero-order valence-corrected chi connectivity index (χ0v) is 23.0. The van der Waals surface area contributed by atoms with Crippen molar-refractivity contribution in [3.63, 3.8) is 0 Å². The van der Waals surface area contributed by atoms with Gasteiger partial charge in [-0.3, -0.25) is 9.10 Å².